The summed E-state index contributed by atoms with van der Waals surface area (Å²) in [5.74, 6) is 0.126. The second-order valence-electron chi connectivity index (χ2n) is 7.84. The topological polar surface area (TPSA) is 72.2 Å². The Morgan fingerprint density at radius 2 is 1.93 bits per heavy atom. The average Bonchev–Trinajstić information content (AvgIpc) is 3.14. The molecule has 1 aromatic heterocycles. The monoisotopic (exact) mass is 380 g/mol. The highest BCUT2D eigenvalue weighted by Crippen LogP contribution is 2.45. The van der Waals surface area contributed by atoms with Crippen LogP contribution in [0.15, 0.2) is 59.1 Å². The Hall–Kier alpha value is -2.73. The molecule has 0 saturated heterocycles. The van der Waals surface area contributed by atoms with Gasteiger partial charge in [-0.2, -0.15) is 0 Å². The van der Waals surface area contributed by atoms with Crippen molar-refractivity contribution in [1.82, 2.24) is 5.32 Å². The van der Waals surface area contributed by atoms with Gasteiger partial charge in [-0.15, -0.1) is 11.3 Å². The molecule has 2 aromatic rings. The van der Waals surface area contributed by atoms with E-state index in [0.29, 0.717) is 6.42 Å². The predicted molar refractivity (Wildman–Crippen MR) is 106 cm³/mol. The Morgan fingerprint density at radius 3 is 2.56 bits per heavy atom. The van der Waals surface area contributed by atoms with Crippen molar-refractivity contribution in [2.75, 3.05) is 0 Å². The van der Waals surface area contributed by atoms with E-state index in [4.69, 9.17) is 0 Å². The number of nitrogens with zero attached hydrogens (tertiary/aromatic N) is 1. The van der Waals surface area contributed by atoms with Crippen LogP contribution >= 0.6 is 11.3 Å². The van der Waals surface area contributed by atoms with Gasteiger partial charge in [0.2, 0.25) is 0 Å². The van der Waals surface area contributed by atoms with Crippen molar-refractivity contribution < 1.29 is 9.72 Å². The Labute approximate surface area is 161 Å². The number of hydrogen-bond acceptors (Lipinski definition) is 5. The molecule has 0 saturated carbocycles. The zero-order valence-electron chi connectivity index (χ0n) is 15.2. The van der Waals surface area contributed by atoms with Gasteiger partial charge in [0.05, 0.1) is 4.92 Å². The third-order valence-corrected chi connectivity index (χ3v) is 6.04. The number of nitrogens with one attached hydrogen (secondary N) is 1. The highest BCUT2D eigenvalue weighted by molar-refractivity contribution is 7.10. The molecule has 0 spiro atoms. The number of carbonyl (C=O) groups is 1. The summed E-state index contributed by atoms with van der Waals surface area (Å²) in [6.07, 6.45) is 3.43. The normalized spacial score (nSPS) is 21.3. The van der Waals surface area contributed by atoms with Gasteiger partial charge in [0.25, 0.3) is 5.69 Å². The highest BCUT2D eigenvalue weighted by atomic mass is 32.1. The summed E-state index contributed by atoms with van der Waals surface area (Å²) in [5, 5.41) is 16.4. The van der Waals surface area contributed by atoms with Crippen LogP contribution in [0.25, 0.3) is 5.70 Å². The molecule has 2 aliphatic rings. The molecular weight excluding hydrogens is 360 g/mol. The smallest absolute Gasteiger partial charge is 0.269 e. The first-order chi connectivity index (χ1) is 12.8. The van der Waals surface area contributed by atoms with Crippen molar-refractivity contribution in [3.8, 4) is 0 Å². The molecule has 138 valence electrons. The van der Waals surface area contributed by atoms with Gasteiger partial charge < -0.3 is 5.32 Å². The minimum absolute atomic E-state index is 0.0684. The molecule has 0 amide bonds. The van der Waals surface area contributed by atoms with Crippen molar-refractivity contribution in [3.05, 3.63) is 79.7 Å². The summed E-state index contributed by atoms with van der Waals surface area (Å²) in [7, 11) is 0. The third-order valence-electron chi connectivity index (χ3n) is 5.09. The van der Waals surface area contributed by atoms with Gasteiger partial charge in [-0.05, 0) is 47.1 Å². The second kappa shape index (κ2) is 6.46. The number of carbonyl (C=O) groups excluding carboxylic acids is 1. The van der Waals surface area contributed by atoms with Crippen LogP contribution in [-0.2, 0) is 4.79 Å². The maximum atomic E-state index is 12.9. The fourth-order valence-corrected chi connectivity index (χ4v) is 4.69. The lowest BCUT2D eigenvalue weighted by Crippen LogP contribution is -2.35. The maximum absolute atomic E-state index is 12.9. The van der Waals surface area contributed by atoms with E-state index < -0.39 is 4.92 Å². The number of nitro benzene ring substituents is 1. The first-order valence-electron chi connectivity index (χ1n) is 8.87. The third kappa shape index (κ3) is 3.32. The molecule has 0 fully saturated rings. The number of rotatable bonds is 3. The van der Waals surface area contributed by atoms with Gasteiger partial charge in [-0.25, -0.2) is 0 Å². The van der Waals surface area contributed by atoms with E-state index in [9.17, 15) is 14.9 Å². The number of ketones is 1. The Kier molecular flexibility index (Phi) is 4.23. The van der Waals surface area contributed by atoms with Gasteiger partial charge >= 0.3 is 0 Å². The van der Waals surface area contributed by atoms with Crippen LogP contribution in [0.1, 0.15) is 43.0 Å². The largest absolute Gasteiger partial charge is 0.358 e. The van der Waals surface area contributed by atoms with Gasteiger partial charge in [0, 0.05) is 46.3 Å². The molecule has 5 nitrogen and oxygen atoms in total. The zero-order chi connectivity index (χ0) is 19.2. The van der Waals surface area contributed by atoms with Crippen LogP contribution in [0.3, 0.4) is 0 Å². The van der Waals surface area contributed by atoms with Crippen LogP contribution in [0, 0.1) is 15.5 Å². The minimum Gasteiger partial charge on any atom is -0.358 e. The molecule has 1 atom stereocenters. The van der Waals surface area contributed by atoms with E-state index in [-0.39, 0.29) is 22.8 Å². The predicted octanol–water partition coefficient (Wildman–Crippen LogP) is 5.03. The molecule has 0 radical (unpaired) electrons. The van der Waals surface area contributed by atoms with E-state index in [1.54, 1.807) is 23.5 Å². The molecule has 1 aliphatic carbocycles. The van der Waals surface area contributed by atoms with Gasteiger partial charge in [-0.3, -0.25) is 14.9 Å². The summed E-state index contributed by atoms with van der Waals surface area (Å²) in [4.78, 5) is 24.6. The Bertz CT molecular complexity index is 969. The van der Waals surface area contributed by atoms with E-state index in [2.05, 4.69) is 31.3 Å². The number of allylic oxidation sites excluding steroid dienone is 3. The highest BCUT2D eigenvalue weighted by Gasteiger charge is 2.38. The number of non-ortho nitro benzene ring substituents is 1. The molecule has 1 N–H and O–H groups in total. The zero-order valence-corrected chi connectivity index (χ0v) is 16.0. The lowest BCUT2D eigenvalue weighted by molar-refractivity contribution is -0.384. The summed E-state index contributed by atoms with van der Waals surface area (Å²) >= 11 is 1.64. The molecule has 1 aliphatic heterocycles. The SMILES string of the molecule is CC1(C)CC(=O)C2=C(C1)NC(c1ccc([N+](=O)[O-])cc1)=CC2c1cccs1. The van der Waals surface area contributed by atoms with Crippen LogP contribution in [0.4, 0.5) is 5.69 Å². The second-order valence-corrected chi connectivity index (χ2v) is 8.81. The number of benzene rings is 1. The van der Waals surface area contributed by atoms with E-state index in [1.165, 1.54) is 12.1 Å². The standard InChI is InChI=1S/C21H20N2O3S/c1-21(2)11-17-20(18(24)12-21)15(19-4-3-9-27-19)10-16(22-17)13-5-7-14(8-6-13)23(25)26/h3-10,15,22H,11-12H2,1-2H3. The van der Waals surface area contributed by atoms with Crippen molar-refractivity contribution >= 4 is 28.5 Å². The number of thiophene rings is 1. The minimum atomic E-state index is -0.399. The van der Waals surface area contributed by atoms with Crippen molar-refractivity contribution in [2.24, 2.45) is 5.41 Å². The van der Waals surface area contributed by atoms with Gasteiger partial charge in [-0.1, -0.05) is 19.9 Å². The van der Waals surface area contributed by atoms with E-state index in [1.807, 2.05) is 11.4 Å². The molecule has 0 bridgehead atoms. The number of Topliss-reactive ketones (excluding diaryl/α,β-unsaturated/α-hetero) is 1. The van der Waals surface area contributed by atoms with Crippen molar-refractivity contribution in [2.45, 2.75) is 32.6 Å². The molecule has 1 unspecified atom stereocenters. The quantitative estimate of drug-likeness (QED) is 0.599. The number of dihydropyridines is 1. The summed E-state index contributed by atoms with van der Waals surface area (Å²) in [5.41, 5.74) is 3.60. The lowest BCUT2D eigenvalue weighted by atomic mass is 9.71. The van der Waals surface area contributed by atoms with Crippen LogP contribution in [0.5, 0.6) is 0 Å². The first kappa shape index (κ1) is 17.7. The molecule has 2 heterocycles. The van der Waals surface area contributed by atoms with E-state index >= 15 is 0 Å². The maximum Gasteiger partial charge on any atom is 0.269 e. The fraction of sp³-hybridized carbons (Fsp3) is 0.286. The van der Waals surface area contributed by atoms with Gasteiger partial charge in [0.15, 0.2) is 5.78 Å². The Balaban J connectivity index is 1.78. The summed E-state index contributed by atoms with van der Waals surface area (Å²) in [6, 6.07) is 10.6. The Morgan fingerprint density at radius 1 is 1.19 bits per heavy atom. The lowest BCUT2D eigenvalue weighted by Gasteiger charge is -2.37. The molecule has 1 aromatic carbocycles. The van der Waals surface area contributed by atoms with Crippen LogP contribution in [-0.4, -0.2) is 10.7 Å². The first-order valence-corrected chi connectivity index (χ1v) is 9.75. The fourth-order valence-electron chi connectivity index (χ4n) is 3.89. The molecule has 27 heavy (non-hydrogen) atoms. The van der Waals surface area contributed by atoms with Gasteiger partial charge in [0.1, 0.15) is 0 Å². The van der Waals surface area contributed by atoms with Crippen LogP contribution < -0.4 is 5.32 Å². The average molecular weight is 380 g/mol. The molecular formula is C21H20N2O3S. The molecule has 6 heteroatoms. The number of nitro groups is 1. The molecule has 4 rings (SSSR count). The van der Waals surface area contributed by atoms with E-state index in [0.717, 1.165) is 33.8 Å². The summed E-state index contributed by atoms with van der Waals surface area (Å²) in [6.45, 7) is 4.22. The van der Waals surface area contributed by atoms with Crippen molar-refractivity contribution in [1.29, 1.82) is 0 Å². The van der Waals surface area contributed by atoms with Crippen LogP contribution in [0.2, 0.25) is 0 Å². The summed E-state index contributed by atoms with van der Waals surface area (Å²) < 4.78 is 0. The van der Waals surface area contributed by atoms with Crippen molar-refractivity contribution in [3.63, 3.8) is 0 Å². The number of hydrogen-bond donors (Lipinski definition) is 1.